The standard InChI is InChI=1S/C16H26N2O3/c1-10(17)13-8-7-12(20-6)9-14(13)21-11(2)15(19)18-16(3,4)5/h7-11H,17H2,1-6H3,(H,18,19)/t10-,11?/m1/s1. The van der Waals surface area contributed by atoms with Crippen molar-refractivity contribution in [1.29, 1.82) is 0 Å². The number of carbonyl (C=O) groups excluding carboxylic acids is 1. The van der Waals surface area contributed by atoms with E-state index in [0.717, 1.165) is 5.56 Å². The van der Waals surface area contributed by atoms with Crippen molar-refractivity contribution in [2.75, 3.05) is 7.11 Å². The number of nitrogens with two attached hydrogens (primary N) is 1. The molecule has 1 unspecified atom stereocenters. The third kappa shape index (κ3) is 5.27. The Kier molecular flexibility index (Phi) is 5.61. The Labute approximate surface area is 126 Å². The van der Waals surface area contributed by atoms with Crippen LogP contribution >= 0.6 is 0 Å². The highest BCUT2D eigenvalue weighted by atomic mass is 16.5. The summed E-state index contributed by atoms with van der Waals surface area (Å²) in [4.78, 5) is 12.1. The molecule has 0 heterocycles. The topological polar surface area (TPSA) is 73.6 Å². The quantitative estimate of drug-likeness (QED) is 0.874. The van der Waals surface area contributed by atoms with Crippen LogP contribution in [0, 0.1) is 0 Å². The first kappa shape index (κ1) is 17.3. The second-order valence-electron chi connectivity index (χ2n) is 6.19. The van der Waals surface area contributed by atoms with Crippen LogP contribution in [-0.4, -0.2) is 24.7 Å². The van der Waals surface area contributed by atoms with Crippen LogP contribution in [-0.2, 0) is 4.79 Å². The number of benzene rings is 1. The van der Waals surface area contributed by atoms with Gasteiger partial charge in [0.05, 0.1) is 7.11 Å². The first-order chi connectivity index (χ1) is 9.64. The molecule has 3 N–H and O–H groups in total. The van der Waals surface area contributed by atoms with E-state index in [9.17, 15) is 4.79 Å². The maximum Gasteiger partial charge on any atom is 0.261 e. The van der Waals surface area contributed by atoms with Gasteiger partial charge in [0.1, 0.15) is 11.5 Å². The monoisotopic (exact) mass is 294 g/mol. The summed E-state index contributed by atoms with van der Waals surface area (Å²) < 4.78 is 11.0. The van der Waals surface area contributed by atoms with Gasteiger partial charge in [0.25, 0.3) is 5.91 Å². The van der Waals surface area contributed by atoms with E-state index in [4.69, 9.17) is 15.2 Å². The predicted molar refractivity (Wildman–Crippen MR) is 83.6 cm³/mol. The zero-order chi connectivity index (χ0) is 16.2. The SMILES string of the molecule is COc1ccc([C@@H](C)N)c(OC(C)C(=O)NC(C)(C)C)c1. The fourth-order valence-corrected chi connectivity index (χ4v) is 1.84. The third-order valence-electron chi connectivity index (χ3n) is 2.88. The van der Waals surface area contributed by atoms with Crippen molar-refractivity contribution in [3.8, 4) is 11.5 Å². The third-order valence-corrected chi connectivity index (χ3v) is 2.88. The van der Waals surface area contributed by atoms with E-state index >= 15 is 0 Å². The molecule has 5 nitrogen and oxygen atoms in total. The molecule has 21 heavy (non-hydrogen) atoms. The van der Waals surface area contributed by atoms with Gasteiger partial charge < -0.3 is 20.5 Å². The van der Waals surface area contributed by atoms with Crippen LogP contribution in [0.1, 0.15) is 46.2 Å². The first-order valence-electron chi connectivity index (χ1n) is 7.06. The second-order valence-corrected chi connectivity index (χ2v) is 6.19. The molecular formula is C16H26N2O3. The lowest BCUT2D eigenvalue weighted by Crippen LogP contribution is -2.46. The molecule has 1 aromatic carbocycles. The van der Waals surface area contributed by atoms with E-state index in [1.54, 1.807) is 20.1 Å². The van der Waals surface area contributed by atoms with Crippen molar-refractivity contribution in [1.82, 2.24) is 5.32 Å². The van der Waals surface area contributed by atoms with E-state index < -0.39 is 6.10 Å². The number of amides is 1. The van der Waals surface area contributed by atoms with E-state index in [-0.39, 0.29) is 17.5 Å². The molecule has 0 saturated carbocycles. The van der Waals surface area contributed by atoms with Crippen LogP contribution in [0.15, 0.2) is 18.2 Å². The summed E-state index contributed by atoms with van der Waals surface area (Å²) in [7, 11) is 1.58. The summed E-state index contributed by atoms with van der Waals surface area (Å²) in [6, 6.07) is 5.24. The van der Waals surface area contributed by atoms with Gasteiger partial charge in [-0.1, -0.05) is 6.07 Å². The lowest BCUT2D eigenvalue weighted by molar-refractivity contribution is -0.128. The fraction of sp³-hybridized carbons (Fsp3) is 0.562. The van der Waals surface area contributed by atoms with Crippen molar-refractivity contribution < 1.29 is 14.3 Å². The van der Waals surface area contributed by atoms with Gasteiger partial charge in [0.2, 0.25) is 0 Å². The minimum Gasteiger partial charge on any atom is -0.497 e. The number of methoxy groups -OCH3 is 1. The largest absolute Gasteiger partial charge is 0.497 e. The second kappa shape index (κ2) is 6.80. The highest BCUT2D eigenvalue weighted by Crippen LogP contribution is 2.29. The zero-order valence-electron chi connectivity index (χ0n) is 13.7. The Bertz CT molecular complexity index is 493. The van der Waals surface area contributed by atoms with Crippen molar-refractivity contribution in [2.45, 2.75) is 52.3 Å². The minimum atomic E-state index is -0.617. The zero-order valence-corrected chi connectivity index (χ0v) is 13.7. The van der Waals surface area contributed by atoms with E-state index in [0.29, 0.717) is 11.5 Å². The minimum absolute atomic E-state index is 0.166. The van der Waals surface area contributed by atoms with Gasteiger partial charge in [-0.15, -0.1) is 0 Å². The van der Waals surface area contributed by atoms with Crippen LogP contribution in [0.4, 0.5) is 0 Å². The average Bonchev–Trinajstić information content (AvgIpc) is 2.36. The molecule has 1 aromatic rings. The number of ether oxygens (including phenoxy) is 2. The van der Waals surface area contributed by atoms with Crippen LogP contribution in [0.5, 0.6) is 11.5 Å². The molecule has 5 heteroatoms. The molecule has 0 bridgehead atoms. The summed E-state index contributed by atoms with van der Waals surface area (Å²) in [6.45, 7) is 9.36. The molecule has 0 aliphatic carbocycles. The Morgan fingerprint density at radius 3 is 2.38 bits per heavy atom. The number of nitrogens with one attached hydrogen (secondary N) is 1. The van der Waals surface area contributed by atoms with Crippen LogP contribution in [0.3, 0.4) is 0 Å². The van der Waals surface area contributed by atoms with Crippen molar-refractivity contribution in [2.24, 2.45) is 5.73 Å². The summed E-state index contributed by atoms with van der Waals surface area (Å²) in [5.74, 6) is 1.07. The molecule has 1 rings (SSSR count). The average molecular weight is 294 g/mol. The number of hydrogen-bond donors (Lipinski definition) is 2. The van der Waals surface area contributed by atoms with Gasteiger partial charge in [-0.05, 0) is 40.7 Å². The Hall–Kier alpha value is -1.75. The Morgan fingerprint density at radius 2 is 1.90 bits per heavy atom. The van der Waals surface area contributed by atoms with Gasteiger partial charge in [-0.3, -0.25) is 4.79 Å². The van der Waals surface area contributed by atoms with Crippen molar-refractivity contribution >= 4 is 5.91 Å². The molecule has 118 valence electrons. The number of rotatable bonds is 5. The van der Waals surface area contributed by atoms with E-state index in [1.165, 1.54) is 0 Å². The highest BCUT2D eigenvalue weighted by molar-refractivity contribution is 5.81. The summed E-state index contributed by atoms with van der Waals surface area (Å²) in [5.41, 5.74) is 6.48. The van der Waals surface area contributed by atoms with Gasteiger partial charge in [0, 0.05) is 23.2 Å². The van der Waals surface area contributed by atoms with Gasteiger partial charge in [-0.2, -0.15) is 0 Å². The Morgan fingerprint density at radius 1 is 1.29 bits per heavy atom. The number of hydrogen-bond acceptors (Lipinski definition) is 4. The van der Waals surface area contributed by atoms with Crippen molar-refractivity contribution in [3.05, 3.63) is 23.8 Å². The molecule has 2 atom stereocenters. The molecule has 0 spiro atoms. The predicted octanol–water partition coefficient (Wildman–Crippen LogP) is 2.40. The van der Waals surface area contributed by atoms with E-state index in [2.05, 4.69) is 5.32 Å². The normalized spacial score (nSPS) is 14.2. The highest BCUT2D eigenvalue weighted by Gasteiger charge is 2.22. The summed E-state index contributed by atoms with van der Waals surface area (Å²) >= 11 is 0. The van der Waals surface area contributed by atoms with Gasteiger partial charge >= 0.3 is 0 Å². The number of carbonyl (C=O) groups is 1. The maximum absolute atomic E-state index is 12.1. The van der Waals surface area contributed by atoms with Crippen molar-refractivity contribution in [3.63, 3.8) is 0 Å². The van der Waals surface area contributed by atoms with E-state index in [1.807, 2.05) is 39.8 Å². The van der Waals surface area contributed by atoms with Crippen LogP contribution in [0.25, 0.3) is 0 Å². The molecule has 0 radical (unpaired) electrons. The molecule has 0 aliphatic rings. The Balaban J connectivity index is 2.92. The molecule has 0 aromatic heterocycles. The molecule has 1 amide bonds. The smallest absolute Gasteiger partial charge is 0.261 e. The molecular weight excluding hydrogens is 268 g/mol. The molecule has 0 fully saturated rings. The molecule has 0 aliphatic heterocycles. The molecule has 0 saturated heterocycles. The van der Waals surface area contributed by atoms with Gasteiger partial charge in [-0.25, -0.2) is 0 Å². The van der Waals surface area contributed by atoms with Gasteiger partial charge in [0.15, 0.2) is 6.10 Å². The first-order valence-corrected chi connectivity index (χ1v) is 7.06. The van der Waals surface area contributed by atoms with Crippen LogP contribution < -0.4 is 20.5 Å². The maximum atomic E-state index is 12.1. The summed E-state index contributed by atoms with van der Waals surface area (Å²) in [6.07, 6.45) is -0.617. The summed E-state index contributed by atoms with van der Waals surface area (Å²) in [5, 5.41) is 2.89. The van der Waals surface area contributed by atoms with Crippen LogP contribution in [0.2, 0.25) is 0 Å². The lowest BCUT2D eigenvalue weighted by atomic mass is 10.1. The fourth-order valence-electron chi connectivity index (χ4n) is 1.84. The lowest BCUT2D eigenvalue weighted by Gasteiger charge is -2.24.